The number of rotatable bonds is 4. The van der Waals surface area contributed by atoms with Crippen molar-refractivity contribution in [3.05, 3.63) is 50.4 Å². The van der Waals surface area contributed by atoms with Crippen LogP contribution < -0.4 is 16.2 Å². The fourth-order valence-corrected chi connectivity index (χ4v) is 2.46. The Morgan fingerprint density at radius 1 is 1.28 bits per heavy atom. The third kappa shape index (κ3) is 4.96. The first-order chi connectivity index (χ1) is 11.6. The van der Waals surface area contributed by atoms with Crippen molar-refractivity contribution in [3.8, 4) is 5.69 Å². The van der Waals surface area contributed by atoms with Crippen LogP contribution in [0.25, 0.3) is 5.69 Å². The minimum atomic E-state index is -0.497. The Morgan fingerprint density at radius 3 is 2.56 bits per heavy atom. The van der Waals surface area contributed by atoms with Gasteiger partial charge in [0.25, 0.3) is 5.56 Å². The van der Waals surface area contributed by atoms with Crippen LogP contribution in [0.1, 0.15) is 26.3 Å². The first-order valence-electron chi connectivity index (χ1n) is 7.68. The summed E-state index contributed by atoms with van der Waals surface area (Å²) in [5.74, 6) is -0.210. The molecule has 25 heavy (non-hydrogen) atoms. The van der Waals surface area contributed by atoms with E-state index >= 15 is 0 Å². The molecule has 0 bridgehead atoms. The first-order valence-corrected chi connectivity index (χ1v) is 8.43. The minimum Gasteiger partial charge on any atom is -0.373 e. The predicted octanol–water partition coefficient (Wildman–Crippen LogP) is 3.17. The fraction of sp³-hybridized carbons (Fsp3) is 0.353. The van der Waals surface area contributed by atoms with Gasteiger partial charge in [-0.2, -0.15) is 9.78 Å². The number of nitrogens with one attached hydrogen (secondary N) is 2. The van der Waals surface area contributed by atoms with Crippen LogP contribution in [0, 0.1) is 6.92 Å². The Bertz CT molecular complexity index is 857. The molecule has 134 valence electrons. The number of carbonyl (C=O) groups excluding carboxylic acids is 1. The summed E-state index contributed by atoms with van der Waals surface area (Å²) in [4.78, 5) is 24.3. The molecule has 0 saturated heterocycles. The molecule has 6 nitrogen and oxygen atoms in total. The van der Waals surface area contributed by atoms with E-state index in [0.29, 0.717) is 16.4 Å². The number of aryl methyl sites for hydroxylation is 1. The molecule has 1 amide bonds. The largest absolute Gasteiger partial charge is 0.373 e. The summed E-state index contributed by atoms with van der Waals surface area (Å²) in [6.07, 6.45) is 1.40. The number of hydrogen-bond donors (Lipinski definition) is 2. The van der Waals surface area contributed by atoms with E-state index in [9.17, 15) is 9.59 Å². The van der Waals surface area contributed by atoms with Gasteiger partial charge in [-0.05, 0) is 45.4 Å². The van der Waals surface area contributed by atoms with E-state index in [-0.39, 0.29) is 23.0 Å². The van der Waals surface area contributed by atoms with E-state index in [1.54, 1.807) is 18.2 Å². The average molecular weight is 383 g/mol. The molecule has 0 fully saturated rings. The number of aromatic nitrogens is 2. The van der Waals surface area contributed by atoms with Gasteiger partial charge in [0.1, 0.15) is 5.02 Å². The van der Waals surface area contributed by atoms with Gasteiger partial charge in [-0.1, -0.05) is 29.3 Å². The standard InChI is InChI=1S/C17H20Cl2N4O2/c1-10-5-6-11(7-12(10)18)23-16(25)15(19)13(8-21-23)20-9-14(24)22-17(2,3)4/h5-8,20H,9H2,1-4H3,(H,22,24). The van der Waals surface area contributed by atoms with E-state index in [2.05, 4.69) is 15.7 Å². The highest BCUT2D eigenvalue weighted by Gasteiger charge is 2.15. The van der Waals surface area contributed by atoms with Crippen molar-refractivity contribution in [3.63, 3.8) is 0 Å². The van der Waals surface area contributed by atoms with Gasteiger partial charge in [0.2, 0.25) is 5.91 Å². The lowest BCUT2D eigenvalue weighted by atomic mass is 10.1. The van der Waals surface area contributed by atoms with Gasteiger partial charge in [0.05, 0.1) is 24.1 Å². The van der Waals surface area contributed by atoms with Gasteiger partial charge in [-0.15, -0.1) is 0 Å². The van der Waals surface area contributed by atoms with Crippen LogP contribution in [0.15, 0.2) is 29.2 Å². The molecular formula is C17H20Cl2N4O2. The summed E-state index contributed by atoms with van der Waals surface area (Å²) in [6.45, 7) is 7.50. The molecule has 0 unspecified atom stereocenters. The van der Waals surface area contributed by atoms with Crippen LogP contribution in [0.2, 0.25) is 10.0 Å². The summed E-state index contributed by atoms with van der Waals surface area (Å²) in [5, 5.41) is 10.2. The topological polar surface area (TPSA) is 76.0 Å². The number of halogens is 2. The Kier molecular flexibility index (Phi) is 5.75. The molecule has 1 heterocycles. The van der Waals surface area contributed by atoms with Crippen molar-refractivity contribution in [1.29, 1.82) is 0 Å². The van der Waals surface area contributed by atoms with Crippen LogP contribution >= 0.6 is 23.2 Å². The van der Waals surface area contributed by atoms with E-state index in [4.69, 9.17) is 23.2 Å². The van der Waals surface area contributed by atoms with Crippen molar-refractivity contribution in [1.82, 2.24) is 15.1 Å². The van der Waals surface area contributed by atoms with Crippen molar-refractivity contribution in [2.24, 2.45) is 0 Å². The van der Waals surface area contributed by atoms with Gasteiger partial charge in [-0.3, -0.25) is 9.59 Å². The molecule has 0 spiro atoms. The molecule has 0 aliphatic carbocycles. The van der Waals surface area contributed by atoms with Crippen LogP contribution in [0.4, 0.5) is 5.69 Å². The third-order valence-electron chi connectivity index (χ3n) is 3.27. The average Bonchev–Trinajstić information content (AvgIpc) is 2.50. The molecule has 1 aromatic heterocycles. The lowest BCUT2D eigenvalue weighted by molar-refractivity contribution is -0.120. The molecule has 2 aromatic rings. The number of nitrogens with zero attached hydrogens (tertiary/aromatic N) is 2. The highest BCUT2D eigenvalue weighted by Crippen LogP contribution is 2.20. The van der Waals surface area contributed by atoms with Crippen molar-refractivity contribution >= 4 is 34.8 Å². The highest BCUT2D eigenvalue weighted by molar-refractivity contribution is 6.33. The Labute approximate surface area is 156 Å². The lowest BCUT2D eigenvalue weighted by Gasteiger charge is -2.20. The molecule has 0 aliphatic rings. The summed E-state index contributed by atoms with van der Waals surface area (Å²) >= 11 is 12.2. The maximum atomic E-state index is 12.4. The Balaban J connectivity index is 2.21. The zero-order valence-electron chi connectivity index (χ0n) is 14.5. The van der Waals surface area contributed by atoms with E-state index in [0.717, 1.165) is 10.2 Å². The van der Waals surface area contributed by atoms with Crippen molar-refractivity contribution in [2.45, 2.75) is 33.2 Å². The molecule has 2 N–H and O–H groups in total. The summed E-state index contributed by atoms with van der Waals surface area (Å²) < 4.78 is 1.16. The fourth-order valence-electron chi connectivity index (χ4n) is 2.09. The number of benzene rings is 1. The quantitative estimate of drug-likeness (QED) is 0.851. The molecule has 0 saturated carbocycles. The van der Waals surface area contributed by atoms with Gasteiger partial charge < -0.3 is 10.6 Å². The normalized spacial score (nSPS) is 11.3. The number of hydrogen-bond acceptors (Lipinski definition) is 4. The SMILES string of the molecule is Cc1ccc(-n2ncc(NCC(=O)NC(C)(C)C)c(Cl)c2=O)cc1Cl. The number of carbonyl (C=O) groups is 1. The molecule has 0 atom stereocenters. The number of amides is 1. The second-order valence-electron chi connectivity index (χ2n) is 6.67. The summed E-state index contributed by atoms with van der Waals surface area (Å²) in [6, 6.07) is 5.17. The van der Waals surface area contributed by atoms with Crippen LogP contribution in [0.5, 0.6) is 0 Å². The lowest BCUT2D eigenvalue weighted by Crippen LogP contribution is -2.43. The first kappa shape index (κ1) is 19.3. The smallest absolute Gasteiger partial charge is 0.292 e. The van der Waals surface area contributed by atoms with Gasteiger partial charge >= 0.3 is 0 Å². The van der Waals surface area contributed by atoms with E-state index in [1.165, 1.54) is 6.20 Å². The van der Waals surface area contributed by atoms with E-state index in [1.807, 2.05) is 27.7 Å². The van der Waals surface area contributed by atoms with Gasteiger partial charge in [0.15, 0.2) is 0 Å². The van der Waals surface area contributed by atoms with Crippen molar-refractivity contribution in [2.75, 3.05) is 11.9 Å². The third-order valence-corrected chi connectivity index (χ3v) is 4.05. The molecule has 2 rings (SSSR count). The second-order valence-corrected chi connectivity index (χ2v) is 7.46. The second kappa shape index (κ2) is 7.45. The van der Waals surface area contributed by atoms with Crippen molar-refractivity contribution < 1.29 is 4.79 Å². The molecule has 1 aromatic carbocycles. The molecule has 0 aliphatic heterocycles. The Hall–Kier alpha value is -2.05. The van der Waals surface area contributed by atoms with Crippen LogP contribution in [-0.4, -0.2) is 27.8 Å². The monoisotopic (exact) mass is 382 g/mol. The summed E-state index contributed by atoms with van der Waals surface area (Å²) in [5.41, 5.74) is 0.870. The molecule has 0 radical (unpaired) electrons. The van der Waals surface area contributed by atoms with Crippen LogP contribution in [0.3, 0.4) is 0 Å². The maximum Gasteiger partial charge on any atom is 0.292 e. The van der Waals surface area contributed by atoms with E-state index < -0.39 is 5.56 Å². The highest BCUT2D eigenvalue weighted by atomic mass is 35.5. The van der Waals surface area contributed by atoms with Crippen LogP contribution in [-0.2, 0) is 4.79 Å². The zero-order valence-corrected chi connectivity index (χ0v) is 16.0. The minimum absolute atomic E-state index is 0.0154. The molecular weight excluding hydrogens is 363 g/mol. The number of anilines is 1. The predicted molar refractivity (Wildman–Crippen MR) is 101 cm³/mol. The maximum absolute atomic E-state index is 12.4. The zero-order chi connectivity index (χ0) is 18.8. The van der Waals surface area contributed by atoms with Gasteiger partial charge in [-0.25, -0.2) is 0 Å². The molecule has 8 heteroatoms. The summed E-state index contributed by atoms with van der Waals surface area (Å²) in [7, 11) is 0. The Morgan fingerprint density at radius 2 is 1.96 bits per heavy atom. The van der Waals surface area contributed by atoms with Gasteiger partial charge in [0, 0.05) is 10.6 Å².